The van der Waals surface area contributed by atoms with E-state index in [1.807, 2.05) is 6.92 Å². The molecule has 0 bridgehead atoms. The molecule has 1 unspecified atom stereocenters. The van der Waals surface area contributed by atoms with Crippen molar-refractivity contribution in [3.8, 4) is 0 Å². The molecule has 0 aliphatic rings. The molecule has 17 heavy (non-hydrogen) atoms. The molecule has 0 saturated heterocycles. The third kappa shape index (κ3) is 2.39. The normalized spacial score (nSPS) is 13.9. The zero-order chi connectivity index (χ0) is 12.6. The van der Waals surface area contributed by atoms with Crippen molar-refractivity contribution in [3.05, 3.63) is 41.6 Å². The van der Waals surface area contributed by atoms with Crippen molar-refractivity contribution >= 4 is 23.5 Å². The molecule has 1 nitrogen and oxygen atoms in total. The molecule has 2 aromatic rings. The molecule has 1 atom stereocenters. The summed E-state index contributed by atoms with van der Waals surface area (Å²) in [6.45, 7) is 1.87. The van der Waals surface area contributed by atoms with E-state index in [4.69, 9.17) is 0 Å². The Morgan fingerprint density at radius 1 is 1.24 bits per heavy atom. The lowest BCUT2D eigenvalue weighted by molar-refractivity contribution is -0.137. The van der Waals surface area contributed by atoms with Crippen LogP contribution in [0.25, 0.3) is 10.9 Å². The second-order valence-corrected chi connectivity index (χ2v) is 4.58. The van der Waals surface area contributed by atoms with Gasteiger partial charge in [0.1, 0.15) is 0 Å². The van der Waals surface area contributed by atoms with Crippen LogP contribution >= 0.6 is 12.6 Å². The molecule has 0 fully saturated rings. The minimum absolute atomic E-state index is 0.0442. The third-order valence-electron chi connectivity index (χ3n) is 2.55. The molecular formula is C12H10F3NS. The monoisotopic (exact) mass is 257 g/mol. The van der Waals surface area contributed by atoms with Gasteiger partial charge in [-0.05, 0) is 30.7 Å². The minimum atomic E-state index is -4.33. The summed E-state index contributed by atoms with van der Waals surface area (Å²) in [6, 6.07) is 5.36. The van der Waals surface area contributed by atoms with Crippen molar-refractivity contribution in [1.29, 1.82) is 0 Å². The van der Waals surface area contributed by atoms with E-state index in [1.54, 1.807) is 6.07 Å². The Bertz CT molecular complexity index is 549. The fourth-order valence-corrected chi connectivity index (χ4v) is 1.94. The molecule has 0 amide bonds. The summed E-state index contributed by atoms with van der Waals surface area (Å²) in [7, 11) is 0. The van der Waals surface area contributed by atoms with Crippen molar-refractivity contribution in [1.82, 2.24) is 4.98 Å². The molecule has 90 valence electrons. The molecule has 0 saturated carbocycles. The van der Waals surface area contributed by atoms with Crippen LogP contribution in [0.1, 0.15) is 23.3 Å². The maximum Gasteiger partial charge on any atom is 0.416 e. The van der Waals surface area contributed by atoms with E-state index in [1.165, 1.54) is 12.3 Å². The summed E-state index contributed by atoms with van der Waals surface area (Å²) in [5, 5.41) is 0.667. The molecule has 1 aromatic heterocycles. The second-order valence-electron chi connectivity index (χ2n) is 3.81. The van der Waals surface area contributed by atoms with Gasteiger partial charge in [0, 0.05) is 16.8 Å². The first kappa shape index (κ1) is 12.2. The molecule has 0 radical (unpaired) electrons. The number of pyridine rings is 1. The SMILES string of the molecule is CC(S)c1ccnc2cc(C(F)(F)F)ccc12. The van der Waals surface area contributed by atoms with E-state index in [0.717, 1.165) is 17.7 Å². The summed E-state index contributed by atoms with van der Waals surface area (Å²) < 4.78 is 37.6. The summed E-state index contributed by atoms with van der Waals surface area (Å²) in [5.41, 5.74) is 0.548. The number of aromatic nitrogens is 1. The van der Waals surface area contributed by atoms with Crippen molar-refractivity contribution in [3.63, 3.8) is 0 Å². The van der Waals surface area contributed by atoms with Crippen molar-refractivity contribution in [2.24, 2.45) is 0 Å². The second kappa shape index (κ2) is 4.22. The Hall–Kier alpha value is -1.23. The fraction of sp³-hybridized carbons (Fsp3) is 0.250. The summed E-state index contributed by atoms with van der Waals surface area (Å²) in [6.07, 6.45) is -2.83. The largest absolute Gasteiger partial charge is 0.416 e. The molecule has 0 aliphatic heterocycles. The van der Waals surface area contributed by atoms with E-state index in [9.17, 15) is 13.2 Å². The highest BCUT2D eigenvalue weighted by atomic mass is 32.1. The lowest BCUT2D eigenvalue weighted by Gasteiger charge is -2.11. The predicted octanol–water partition coefficient (Wildman–Crippen LogP) is 4.24. The minimum Gasteiger partial charge on any atom is -0.256 e. The van der Waals surface area contributed by atoms with Crippen LogP contribution in [0.5, 0.6) is 0 Å². The van der Waals surface area contributed by atoms with E-state index in [0.29, 0.717) is 10.9 Å². The molecule has 1 heterocycles. The Balaban J connectivity index is 2.65. The van der Waals surface area contributed by atoms with Crippen LogP contribution in [-0.4, -0.2) is 4.98 Å². The van der Waals surface area contributed by atoms with Crippen LogP contribution in [0, 0.1) is 0 Å². The maximum absolute atomic E-state index is 12.5. The summed E-state index contributed by atoms with van der Waals surface area (Å²) in [5.74, 6) is 0. The average Bonchev–Trinajstić information content (AvgIpc) is 2.26. The number of rotatable bonds is 1. The number of thiol groups is 1. The number of fused-ring (bicyclic) bond motifs is 1. The lowest BCUT2D eigenvalue weighted by Crippen LogP contribution is -2.04. The van der Waals surface area contributed by atoms with Crippen molar-refractivity contribution in [2.45, 2.75) is 18.3 Å². The van der Waals surface area contributed by atoms with E-state index in [-0.39, 0.29) is 5.25 Å². The standard InChI is InChI=1S/C12H10F3NS/c1-7(17)9-4-5-16-11-6-8(12(13,14)15)2-3-10(9)11/h2-7,17H,1H3. The zero-order valence-electron chi connectivity index (χ0n) is 8.99. The summed E-state index contributed by atoms with van der Waals surface area (Å²) >= 11 is 4.30. The number of nitrogens with zero attached hydrogens (tertiary/aromatic N) is 1. The highest BCUT2D eigenvalue weighted by molar-refractivity contribution is 7.80. The fourth-order valence-electron chi connectivity index (χ4n) is 1.71. The number of alkyl halides is 3. The van der Waals surface area contributed by atoms with Crippen LogP contribution < -0.4 is 0 Å². The number of halogens is 3. The van der Waals surface area contributed by atoms with Crippen molar-refractivity contribution in [2.75, 3.05) is 0 Å². The lowest BCUT2D eigenvalue weighted by atomic mass is 10.0. The van der Waals surface area contributed by atoms with Gasteiger partial charge in [0.05, 0.1) is 11.1 Å². The zero-order valence-corrected chi connectivity index (χ0v) is 9.89. The van der Waals surface area contributed by atoms with Gasteiger partial charge < -0.3 is 0 Å². The van der Waals surface area contributed by atoms with Gasteiger partial charge >= 0.3 is 6.18 Å². The Kier molecular flexibility index (Phi) is 3.03. The van der Waals surface area contributed by atoms with Crippen LogP contribution in [0.15, 0.2) is 30.5 Å². The highest BCUT2D eigenvalue weighted by Gasteiger charge is 2.30. The highest BCUT2D eigenvalue weighted by Crippen LogP contribution is 2.33. The van der Waals surface area contributed by atoms with Gasteiger partial charge in [-0.25, -0.2) is 0 Å². The van der Waals surface area contributed by atoms with E-state index < -0.39 is 11.7 Å². The van der Waals surface area contributed by atoms with Crippen LogP contribution in [0.2, 0.25) is 0 Å². The first-order chi connectivity index (χ1) is 7.89. The van der Waals surface area contributed by atoms with Gasteiger partial charge in [0.15, 0.2) is 0 Å². The van der Waals surface area contributed by atoms with Gasteiger partial charge in [0.25, 0.3) is 0 Å². The first-order valence-corrected chi connectivity index (χ1v) is 5.55. The molecule has 0 spiro atoms. The number of hydrogen-bond acceptors (Lipinski definition) is 2. The van der Waals surface area contributed by atoms with Gasteiger partial charge in [-0.3, -0.25) is 4.98 Å². The maximum atomic E-state index is 12.5. The Labute approximate surface area is 102 Å². The predicted molar refractivity (Wildman–Crippen MR) is 64.1 cm³/mol. The third-order valence-corrected chi connectivity index (χ3v) is 2.83. The quantitative estimate of drug-likeness (QED) is 0.754. The number of hydrogen-bond donors (Lipinski definition) is 1. The molecular weight excluding hydrogens is 247 g/mol. The van der Waals surface area contributed by atoms with Crippen LogP contribution in [-0.2, 0) is 6.18 Å². The van der Waals surface area contributed by atoms with Crippen LogP contribution in [0.4, 0.5) is 13.2 Å². The molecule has 0 aliphatic carbocycles. The molecule has 5 heteroatoms. The van der Waals surface area contributed by atoms with E-state index >= 15 is 0 Å². The smallest absolute Gasteiger partial charge is 0.256 e. The first-order valence-electron chi connectivity index (χ1n) is 5.03. The molecule has 1 aromatic carbocycles. The Morgan fingerprint density at radius 3 is 2.53 bits per heavy atom. The average molecular weight is 257 g/mol. The van der Waals surface area contributed by atoms with E-state index in [2.05, 4.69) is 17.6 Å². The van der Waals surface area contributed by atoms with Gasteiger partial charge in [0.2, 0.25) is 0 Å². The Morgan fingerprint density at radius 2 is 1.94 bits per heavy atom. The van der Waals surface area contributed by atoms with Gasteiger partial charge in [-0.1, -0.05) is 6.07 Å². The summed E-state index contributed by atoms with van der Waals surface area (Å²) in [4.78, 5) is 3.96. The van der Waals surface area contributed by atoms with Crippen LogP contribution in [0.3, 0.4) is 0 Å². The topological polar surface area (TPSA) is 12.9 Å². The number of benzene rings is 1. The molecule has 2 rings (SSSR count). The van der Waals surface area contributed by atoms with Crippen molar-refractivity contribution < 1.29 is 13.2 Å². The van der Waals surface area contributed by atoms with Gasteiger partial charge in [-0.15, -0.1) is 0 Å². The molecule has 0 N–H and O–H groups in total. The van der Waals surface area contributed by atoms with Gasteiger partial charge in [-0.2, -0.15) is 25.8 Å².